The molecule has 2 aromatic carbocycles. The second-order valence-electron chi connectivity index (χ2n) is 12.4. The van der Waals surface area contributed by atoms with Gasteiger partial charge in [-0.15, -0.1) is 0 Å². The lowest BCUT2D eigenvalue weighted by Crippen LogP contribution is -2.53. The molecule has 9 heteroatoms. The minimum Gasteiger partial charge on any atom is -0.367 e. The van der Waals surface area contributed by atoms with E-state index in [4.69, 9.17) is 38.7 Å². The van der Waals surface area contributed by atoms with Crippen molar-refractivity contribution in [3.8, 4) is 0 Å². The van der Waals surface area contributed by atoms with Crippen molar-refractivity contribution in [2.45, 2.75) is 82.5 Å². The second-order valence-corrected chi connectivity index (χ2v) is 13.3. The maximum absolute atomic E-state index is 14.4. The number of carbonyl (C=O) groups excluding carboxylic acids is 2. The van der Waals surface area contributed by atoms with Crippen molar-refractivity contribution in [1.29, 1.82) is 0 Å². The number of nitrogens with two attached hydrogens (primary N) is 1. The summed E-state index contributed by atoms with van der Waals surface area (Å²) in [7, 11) is 0. The van der Waals surface area contributed by atoms with Crippen molar-refractivity contribution in [3.63, 3.8) is 0 Å². The number of primary amides is 1. The Morgan fingerprint density at radius 3 is 2.52 bits per heavy atom. The van der Waals surface area contributed by atoms with Crippen LogP contribution < -0.4 is 11.1 Å². The summed E-state index contributed by atoms with van der Waals surface area (Å²) < 4.78 is 5.68. The van der Waals surface area contributed by atoms with Gasteiger partial charge in [0.1, 0.15) is 6.10 Å². The van der Waals surface area contributed by atoms with Crippen molar-refractivity contribution >= 4 is 46.9 Å². The monoisotopic (exact) mass is 584 g/mol. The fraction of sp³-hybridized carbons (Fsp3) is 0.516. The molecule has 2 aromatic rings. The summed E-state index contributed by atoms with van der Waals surface area (Å²) in [5.41, 5.74) is 7.76. The van der Waals surface area contributed by atoms with E-state index < -0.39 is 23.5 Å². The number of benzene rings is 2. The molecule has 2 amide bonds. The van der Waals surface area contributed by atoms with Gasteiger partial charge in [-0.2, -0.15) is 0 Å². The normalized spacial score (nSPS) is 30.0. The van der Waals surface area contributed by atoms with Gasteiger partial charge >= 0.3 is 0 Å². The Morgan fingerprint density at radius 1 is 1.15 bits per heavy atom. The summed E-state index contributed by atoms with van der Waals surface area (Å²) in [6.07, 6.45) is 3.41. The molecular weight excluding hydrogens is 547 g/mol. The number of carbonyl (C=O) groups is 2. The second kappa shape index (κ2) is 11.1. The van der Waals surface area contributed by atoms with Crippen molar-refractivity contribution in [2.24, 2.45) is 16.1 Å². The first-order valence-electron chi connectivity index (χ1n) is 14.0. The van der Waals surface area contributed by atoms with Crippen LogP contribution in [0.3, 0.4) is 0 Å². The number of likely N-dealkylation sites (N-methyl/N-ethyl adjacent to an activating group) is 1. The van der Waals surface area contributed by atoms with E-state index in [1.807, 2.05) is 30.3 Å². The van der Waals surface area contributed by atoms with Gasteiger partial charge in [0.2, 0.25) is 11.8 Å². The van der Waals surface area contributed by atoms with E-state index in [1.165, 1.54) is 0 Å². The van der Waals surface area contributed by atoms with Gasteiger partial charge in [-0.05, 0) is 66.6 Å². The molecule has 0 aromatic heterocycles. The third-order valence-electron chi connectivity index (χ3n) is 8.57. The van der Waals surface area contributed by atoms with Gasteiger partial charge in [-0.3, -0.25) is 19.5 Å². The predicted octanol–water partition coefficient (Wildman–Crippen LogP) is 5.39. The number of aliphatic imine (C=N–C) groups is 1. The molecule has 2 fully saturated rings. The summed E-state index contributed by atoms with van der Waals surface area (Å²) in [6.45, 7) is 9.75. The third kappa shape index (κ3) is 5.29. The minimum atomic E-state index is -0.608. The highest BCUT2D eigenvalue weighted by Crippen LogP contribution is 2.58. The SMILES string of the molecule is CCN1[C@@H](CC(C)(C)C)[C@]2(C=Nc3cc(Cl)ccc32)[C@@H](c2cccc(Cl)c2)[C@@H]1C(=O)N[C@@H]1CC[C@@H](C(N)=O)OC1. The van der Waals surface area contributed by atoms with Crippen LogP contribution in [-0.4, -0.2) is 60.3 Å². The fourth-order valence-corrected chi connectivity index (χ4v) is 7.35. The Morgan fingerprint density at radius 2 is 1.90 bits per heavy atom. The number of nitrogens with zero attached hydrogens (tertiary/aromatic N) is 2. The summed E-state index contributed by atoms with van der Waals surface area (Å²) in [5, 5.41) is 4.52. The van der Waals surface area contributed by atoms with Crippen LogP contribution in [0.1, 0.15) is 64.0 Å². The van der Waals surface area contributed by atoms with Gasteiger partial charge in [0, 0.05) is 28.2 Å². The number of likely N-dealkylation sites (tertiary alicyclic amines) is 1. The zero-order valence-electron chi connectivity index (χ0n) is 23.5. The standard InChI is InChI=1S/C31H38Cl2N4O3/c1-5-37-25(15-30(2,3)4)31(17-35-23-14-20(33)9-11-22(23)31)26(18-7-6-8-19(32)13-18)27(37)29(39)36-21-10-12-24(28(34)38)40-16-21/h6-9,11,13-14,17,21,24-27H,5,10,12,15-16H2,1-4H3,(H2,34,38)(H,36,39)/t21-,24+,25+,26+,27-,31-/m1/s1. The molecule has 3 aliphatic heterocycles. The summed E-state index contributed by atoms with van der Waals surface area (Å²) in [4.78, 5) is 33.2. The molecule has 40 heavy (non-hydrogen) atoms. The van der Waals surface area contributed by atoms with E-state index >= 15 is 0 Å². The van der Waals surface area contributed by atoms with Crippen LogP contribution in [0.5, 0.6) is 0 Å². The number of hydrogen-bond donors (Lipinski definition) is 2. The number of fused-ring (bicyclic) bond motifs is 2. The average Bonchev–Trinajstić information content (AvgIpc) is 3.39. The maximum Gasteiger partial charge on any atom is 0.246 e. The molecule has 0 unspecified atom stereocenters. The number of nitrogens with one attached hydrogen (secondary N) is 1. The summed E-state index contributed by atoms with van der Waals surface area (Å²) in [6, 6.07) is 13.0. The molecule has 0 saturated carbocycles. The lowest BCUT2D eigenvalue weighted by Gasteiger charge is -2.40. The molecule has 214 valence electrons. The highest BCUT2D eigenvalue weighted by Gasteiger charge is 2.63. The molecule has 1 spiro atoms. The Hall–Kier alpha value is -2.45. The molecule has 0 radical (unpaired) electrons. The Balaban J connectivity index is 1.62. The smallest absolute Gasteiger partial charge is 0.246 e. The number of ether oxygens (including phenoxy) is 1. The topological polar surface area (TPSA) is 97.0 Å². The molecule has 6 atom stereocenters. The van der Waals surface area contributed by atoms with Crippen molar-refractivity contribution in [1.82, 2.24) is 10.2 Å². The number of hydrogen-bond acceptors (Lipinski definition) is 5. The van der Waals surface area contributed by atoms with Gasteiger partial charge in [0.25, 0.3) is 0 Å². The van der Waals surface area contributed by atoms with Crippen LogP contribution in [0.15, 0.2) is 47.5 Å². The van der Waals surface area contributed by atoms with Gasteiger partial charge < -0.3 is 15.8 Å². The van der Waals surface area contributed by atoms with Crippen LogP contribution in [-0.2, 0) is 19.7 Å². The van der Waals surface area contributed by atoms with E-state index in [0.717, 1.165) is 23.2 Å². The number of halogens is 2. The van der Waals surface area contributed by atoms with E-state index in [2.05, 4.69) is 56.3 Å². The minimum absolute atomic E-state index is 0.00902. The zero-order valence-corrected chi connectivity index (χ0v) is 25.0. The highest BCUT2D eigenvalue weighted by atomic mass is 35.5. The van der Waals surface area contributed by atoms with Gasteiger partial charge in [-0.25, -0.2) is 0 Å². The van der Waals surface area contributed by atoms with Crippen molar-refractivity contribution in [2.75, 3.05) is 13.2 Å². The fourth-order valence-electron chi connectivity index (χ4n) is 6.98. The van der Waals surface area contributed by atoms with Crippen LogP contribution in [0.25, 0.3) is 0 Å². The first-order valence-corrected chi connectivity index (χ1v) is 14.8. The van der Waals surface area contributed by atoms with E-state index in [0.29, 0.717) is 29.4 Å². The third-order valence-corrected chi connectivity index (χ3v) is 9.04. The quantitative estimate of drug-likeness (QED) is 0.475. The average molecular weight is 586 g/mol. The highest BCUT2D eigenvalue weighted by molar-refractivity contribution is 6.31. The van der Waals surface area contributed by atoms with Crippen LogP contribution in [0.2, 0.25) is 10.0 Å². The number of amides is 2. The van der Waals surface area contributed by atoms with E-state index in [9.17, 15) is 9.59 Å². The Bertz CT molecular complexity index is 1320. The first-order chi connectivity index (χ1) is 18.9. The first kappa shape index (κ1) is 29.1. The molecular formula is C31H38Cl2N4O3. The van der Waals surface area contributed by atoms with Crippen LogP contribution in [0, 0.1) is 5.41 Å². The lowest BCUT2D eigenvalue weighted by molar-refractivity contribution is -0.135. The predicted molar refractivity (Wildman–Crippen MR) is 160 cm³/mol. The Labute approximate surface area is 246 Å². The molecule has 3 heterocycles. The van der Waals surface area contributed by atoms with E-state index in [-0.39, 0.29) is 35.9 Å². The van der Waals surface area contributed by atoms with E-state index in [1.54, 1.807) is 0 Å². The van der Waals surface area contributed by atoms with Crippen molar-refractivity contribution < 1.29 is 14.3 Å². The molecule has 5 rings (SSSR count). The lowest BCUT2D eigenvalue weighted by atomic mass is 9.63. The van der Waals surface area contributed by atoms with Crippen LogP contribution >= 0.6 is 23.2 Å². The van der Waals surface area contributed by atoms with Gasteiger partial charge in [-0.1, -0.05) is 69.1 Å². The molecule has 3 aliphatic rings. The van der Waals surface area contributed by atoms with Crippen LogP contribution in [0.4, 0.5) is 5.69 Å². The Kier molecular flexibility index (Phi) is 8.05. The van der Waals surface area contributed by atoms with Gasteiger partial charge in [0.15, 0.2) is 0 Å². The zero-order chi connectivity index (χ0) is 28.8. The maximum atomic E-state index is 14.4. The molecule has 0 bridgehead atoms. The summed E-state index contributed by atoms with van der Waals surface area (Å²) >= 11 is 13.0. The number of rotatable bonds is 6. The molecule has 3 N–H and O–H groups in total. The summed E-state index contributed by atoms with van der Waals surface area (Å²) in [5.74, 6) is -0.790. The molecule has 7 nitrogen and oxygen atoms in total. The van der Waals surface area contributed by atoms with Gasteiger partial charge in [0.05, 0.1) is 29.8 Å². The molecule has 2 saturated heterocycles. The largest absolute Gasteiger partial charge is 0.367 e. The van der Waals surface area contributed by atoms with Crippen molar-refractivity contribution in [3.05, 3.63) is 63.6 Å². The molecule has 0 aliphatic carbocycles.